The third-order valence-corrected chi connectivity index (χ3v) is 2.63. The Morgan fingerprint density at radius 1 is 1.73 bits per heavy atom. The molecule has 1 saturated heterocycles. The van der Waals surface area contributed by atoms with Gasteiger partial charge >= 0.3 is 0 Å². The minimum absolute atomic E-state index is 0.0174. The van der Waals surface area contributed by atoms with Gasteiger partial charge in [0.15, 0.2) is 0 Å². The monoisotopic (exact) mass is 156 g/mol. The summed E-state index contributed by atoms with van der Waals surface area (Å²) in [6.45, 7) is 0.777. The predicted octanol–water partition coefficient (Wildman–Crippen LogP) is 0.523. The van der Waals surface area contributed by atoms with E-state index in [0.717, 1.165) is 13.0 Å². The molecule has 1 saturated carbocycles. The molecule has 2 rings (SSSR count). The zero-order valence-electron chi connectivity index (χ0n) is 6.63. The van der Waals surface area contributed by atoms with Gasteiger partial charge < -0.3 is 9.47 Å². The van der Waals surface area contributed by atoms with E-state index in [1.54, 1.807) is 7.11 Å². The van der Waals surface area contributed by atoms with Crippen molar-refractivity contribution in [3.05, 3.63) is 0 Å². The number of Topliss-reactive ketones (excluding diaryl/α,β-unsaturated/α-hetero) is 1. The van der Waals surface area contributed by atoms with Crippen molar-refractivity contribution in [2.75, 3.05) is 13.7 Å². The Morgan fingerprint density at radius 3 is 3.00 bits per heavy atom. The van der Waals surface area contributed by atoms with E-state index < -0.39 is 0 Å². The van der Waals surface area contributed by atoms with Crippen LogP contribution >= 0.6 is 0 Å². The maximum atomic E-state index is 11.0. The first-order valence-electron chi connectivity index (χ1n) is 3.95. The van der Waals surface area contributed by atoms with Crippen LogP contribution in [0.3, 0.4) is 0 Å². The molecule has 2 fully saturated rings. The molecule has 0 N–H and O–H groups in total. The fraction of sp³-hybridized carbons (Fsp3) is 0.875. The van der Waals surface area contributed by atoms with E-state index >= 15 is 0 Å². The van der Waals surface area contributed by atoms with Crippen LogP contribution in [0.5, 0.6) is 0 Å². The molecule has 2 atom stereocenters. The van der Waals surface area contributed by atoms with Crippen molar-refractivity contribution in [3.63, 3.8) is 0 Å². The van der Waals surface area contributed by atoms with Gasteiger partial charge in [0, 0.05) is 20.0 Å². The smallest absolute Gasteiger partial charge is 0.135 e. The Hall–Kier alpha value is -0.410. The maximum Gasteiger partial charge on any atom is 0.135 e. The average molecular weight is 156 g/mol. The van der Waals surface area contributed by atoms with E-state index in [2.05, 4.69) is 0 Å². The summed E-state index contributed by atoms with van der Waals surface area (Å²) in [6.07, 6.45) is 2.07. The van der Waals surface area contributed by atoms with Gasteiger partial charge in [-0.25, -0.2) is 0 Å². The molecular formula is C8H12O3. The number of rotatable bonds is 1. The highest BCUT2D eigenvalue weighted by Gasteiger charge is 2.54. The average Bonchev–Trinajstić information content (AvgIpc) is 2.76. The van der Waals surface area contributed by atoms with Crippen LogP contribution in [0.4, 0.5) is 0 Å². The first-order chi connectivity index (χ1) is 5.27. The van der Waals surface area contributed by atoms with Gasteiger partial charge in [-0.3, -0.25) is 4.79 Å². The number of epoxide rings is 1. The molecule has 11 heavy (non-hydrogen) atoms. The lowest BCUT2D eigenvalue weighted by Gasteiger charge is -2.26. The first-order valence-corrected chi connectivity index (χ1v) is 3.95. The minimum atomic E-state index is -0.0668. The van der Waals surface area contributed by atoms with Crippen molar-refractivity contribution in [2.24, 2.45) is 0 Å². The summed E-state index contributed by atoms with van der Waals surface area (Å²) >= 11 is 0. The second-order valence-electron chi connectivity index (χ2n) is 3.32. The van der Waals surface area contributed by atoms with Gasteiger partial charge in [-0.2, -0.15) is 0 Å². The highest BCUT2D eigenvalue weighted by Crippen LogP contribution is 2.41. The molecule has 0 amide bonds. The van der Waals surface area contributed by atoms with Gasteiger partial charge in [0.25, 0.3) is 0 Å². The van der Waals surface area contributed by atoms with Crippen LogP contribution in [-0.2, 0) is 14.3 Å². The topological polar surface area (TPSA) is 38.8 Å². The summed E-state index contributed by atoms with van der Waals surface area (Å²) in [5, 5.41) is 0. The lowest BCUT2D eigenvalue weighted by atomic mass is 9.86. The quantitative estimate of drug-likeness (QED) is 0.519. The van der Waals surface area contributed by atoms with Crippen LogP contribution in [0.25, 0.3) is 0 Å². The number of hydrogen-bond acceptors (Lipinski definition) is 3. The fourth-order valence-corrected chi connectivity index (χ4v) is 1.73. The van der Waals surface area contributed by atoms with Crippen LogP contribution in [0.2, 0.25) is 0 Å². The summed E-state index contributed by atoms with van der Waals surface area (Å²) < 4.78 is 10.5. The molecule has 3 heteroatoms. The standard InChI is InChI=1S/C8H12O3/c1-10-7-4-6(9)2-3-8(7)5-11-8/h7H,2-5H2,1H3. The normalized spacial score (nSPS) is 43.0. The predicted molar refractivity (Wildman–Crippen MR) is 38.3 cm³/mol. The molecule has 1 spiro atoms. The van der Waals surface area contributed by atoms with Crippen LogP contribution in [0.1, 0.15) is 19.3 Å². The molecule has 0 aromatic heterocycles. The van der Waals surface area contributed by atoms with Gasteiger partial charge in [0.1, 0.15) is 11.4 Å². The van der Waals surface area contributed by atoms with Crippen molar-refractivity contribution >= 4 is 5.78 Å². The van der Waals surface area contributed by atoms with E-state index in [9.17, 15) is 4.79 Å². The van der Waals surface area contributed by atoms with E-state index in [1.165, 1.54) is 0 Å². The molecule has 0 bridgehead atoms. The van der Waals surface area contributed by atoms with Gasteiger partial charge in [0.2, 0.25) is 0 Å². The number of ketones is 1. The van der Waals surface area contributed by atoms with E-state index in [0.29, 0.717) is 18.6 Å². The molecule has 0 radical (unpaired) electrons. The number of methoxy groups -OCH3 is 1. The molecule has 1 heterocycles. The van der Waals surface area contributed by atoms with Gasteiger partial charge in [0.05, 0.1) is 12.7 Å². The summed E-state index contributed by atoms with van der Waals surface area (Å²) in [7, 11) is 1.65. The SMILES string of the molecule is COC1CC(=O)CCC12CO2. The summed E-state index contributed by atoms with van der Waals surface area (Å²) in [6, 6.07) is 0. The van der Waals surface area contributed by atoms with Crippen molar-refractivity contribution in [1.82, 2.24) is 0 Å². The Labute approximate surface area is 65.7 Å². The minimum Gasteiger partial charge on any atom is -0.378 e. The molecule has 3 nitrogen and oxygen atoms in total. The number of hydrogen-bond donors (Lipinski definition) is 0. The van der Waals surface area contributed by atoms with E-state index in [1.807, 2.05) is 0 Å². The Bertz CT molecular complexity index is 184. The van der Waals surface area contributed by atoms with Crippen LogP contribution < -0.4 is 0 Å². The molecule has 0 aromatic rings. The van der Waals surface area contributed by atoms with Gasteiger partial charge in [-0.1, -0.05) is 0 Å². The fourth-order valence-electron chi connectivity index (χ4n) is 1.73. The Kier molecular flexibility index (Phi) is 1.51. The van der Waals surface area contributed by atoms with Crippen molar-refractivity contribution in [2.45, 2.75) is 31.0 Å². The van der Waals surface area contributed by atoms with Crippen LogP contribution in [0, 0.1) is 0 Å². The van der Waals surface area contributed by atoms with Crippen LogP contribution in [0.15, 0.2) is 0 Å². The lowest BCUT2D eigenvalue weighted by molar-refractivity contribution is -0.126. The molecule has 2 aliphatic rings. The van der Waals surface area contributed by atoms with Gasteiger partial charge in [-0.05, 0) is 6.42 Å². The molecular weight excluding hydrogens is 144 g/mol. The van der Waals surface area contributed by atoms with Gasteiger partial charge in [-0.15, -0.1) is 0 Å². The highest BCUT2D eigenvalue weighted by molar-refractivity contribution is 5.80. The molecule has 1 aliphatic carbocycles. The first kappa shape index (κ1) is 7.25. The molecule has 0 aromatic carbocycles. The second-order valence-corrected chi connectivity index (χ2v) is 3.32. The van der Waals surface area contributed by atoms with Crippen LogP contribution in [-0.4, -0.2) is 31.2 Å². The maximum absolute atomic E-state index is 11.0. The number of ether oxygens (including phenoxy) is 2. The summed E-state index contributed by atoms with van der Waals surface area (Å²) in [5.74, 6) is 0.304. The lowest BCUT2D eigenvalue weighted by Crippen LogP contribution is -2.38. The number of carbonyl (C=O) groups excluding carboxylic acids is 1. The molecule has 1 aliphatic heterocycles. The van der Waals surface area contributed by atoms with Crippen molar-refractivity contribution in [3.8, 4) is 0 Å². The third kappa shape index (κ3) is 1.08. The Morgan fingerprint density at radius 2 is 2.45 bits per heavy atom. The summed E-state index contributed by atoms with van der Waals surface area (Å²) in [4.78, 5) is 11.0. The summed E-state index contributed by atoms with van der Waals surface area (Å²) in [5.41, 5.74) is -0.0668. The Balaban J connectivity index is 2.06. The van der Waals surface area contributed by atoms with E-state index in [4.69, 9.17) is 9.47 Å². The number of carbonyl (C=O) groups is 1. The molecule has 62 valence electrons. The van der Waals surface area contributed by atoms with E-state index in [-0.39, 0.29) is 11.7 Å². The third-order valence-electron chi connectivity index (χ3n) is 2.63. The second kappa shape index (κ2) is 2.29. The van der Waals surface area contributed by atoms with Crippen molar-refractivity contribution in [1.29, 1.82) is 0 Å². The highest BCUT2D eigenvalue weighted by atomic mass is 16.6. The zero-order chi connectivity index (χ0) is 7.90. The van der Waals surface area contributed by atoms with Crippen molar-refractivity contribution < 1.29 is 14.3 Å². The largest absolute Gasteiger partial charge is 0.378 e. The zero-order valence-corrected chi connectivity index (χ0v) is 6.63. The molecule has 2 unspecified atom stereocenters.